The molecule has 0 aliphatic carbocycles. The van der Waals surface area contributed by atoms with Gasteiger partial charge in [-0.3, -0.25) is 4.98 Å². The van der Waals surface area contributed by atoms with E-state index in [4.69, 9.17) is 4.98 Å². The number of benzene rings is 1. The summed E-state index contributed by atoms with van der Waals surface area (Å²) in [6, 6.07) is 5.19. The maximum atomic E-state index is 15.1. The lowest BCUT2D eigenvalue weighted by atomic mass is 10.0. The standard InChI is InChI=1S/C22H22FN5/c1-11(2)20-15-10-24-7-6-17(15)27-22(28-20)14-8-16(23)19-18(9-14)25-13(5)26-21(19)12(3)4/h6-12H,1-5H3. The highest BCUT2D eigenvalue weighted by atomic mass is 19.1. The molecule has 1 aromatic carbocycles. The Morgan fingerprint density at radius 1 is 0.857 bits per heavy atom. The van der Waals surface area contributed by atoms with E-state index in [9.17, 15) is 0 Å². The molecule has 3 heterocycles. The topological polar surface area (TPSA) is 64.5 Å². The summed E-state index contributed by atoms with van der Waals surface area (Å²) in [4.78, 5) is 22.5. The molecule has 0 fully saturated rings. The van der Waals surface area contributed by atoms with Crippen LogP contribution < -0.4 is 0 Å². The molecule has 0 saturated carbocycles. The molecule has 0 saturated heterocycles. The van der Waals surface area contributed by atoms with Gasteiger partial charge in [0.25, 0.3) is 0 Å². The fourth-order valence-corrected chi connectivity index (χ4v) is 3.47. The van der Waals surface area contributed by atoms with Gasteiger partial charge in [0.05, 0.1) is 27.8 Å². The quantitative estimate of drug-likeness (QED) is 0.484. The fraction of sp³-hybridized carbons (Fsp3) is 0.318. The van der Waals surface area contributed by atoms with E-state index in [1.54, 1.807) is 12.4 Å². The molecule has 0 aliphatic heterocycles. The minimum Gasteiger partial charge on any atom is -0.264 e. The number of nitrogens with zero attached hydrogens (tertiary/aromatic N) is 5. The van der Waals surface area contributed by atoms with Gasteiger partial charge in [0.15, 0.2) is 5.82 Å². The summed E-state index contributed by atoms with van der Waals surface area (Å²) in [7, 11) is 0. The lowest BCUT2D eigenvalue weighted by Crippen LogP contribution is -2.03. The maximum absolute atomic E-state index is 15.1. The highest BCUT2D eigenvalue weighted by Gasteiger charge is 2.18. The molecular formula is C22H22FN5. The molecule has 142 valence electrons. The van der Waals surface area contributed by atoms with Crippen molar-refractivity contribution in [1.29, 1.82) is 0 Å². The minimum atomic E-state index is -0.347. The van der Waals surface area contributed by atoms with Crippen molar-refractivity contribution in [1.82, 2.24) is 24.9 Å². The number of hydrogen-bond acceptors (Lipinski definition) is 5. The Morgan fingerprint density at radius 3 is 2.32 bits per heavy atom. The number of halogens is 1. The molecule has 28 heavy (non-hydrogen) atoms. The lowest BCUT2D eigenvalue weighted by molar-refractivity contribution is 0.635. The van der Waals surface area contributed by atoms with Gasteiger partial charge in [0.2, 0.25) is 0 Å². The highest BCUT2D eigenvalue weighted by Crippen LogP contribution is 2.31. The Bertz CT molecular complexity index is 1200. The second-order valence-corrected chi connectivity index (χ2v) is 7.64. The molecule has 4 rings (SSSR count). The van der Waals surface area contributed by atoms with Gasteiger partial charge >= 0.3 is 0 Å². The normalized spacial score (nSPS) is 11.9. The van der Waals surface area contributed by atoms with Crippen LogP contribution in [0.15, 0.2) is 30.6 Å². The molecule has 0 aliphatic rings. The van der Waals surface area contributed by atoms with Crippen molar-refractivity contribution in [3.05, 3.63) is 53.6 Å². The van der Waals surface area contributed by atoms with Crippen LogP contribution in [0.4, 0.5) is 4.39 Å². The first kappa shape index (κ1) is 18.3. The van der Waals surface area contributed by atoms with Gasteiger partial charge in [-0.05, 0) is 37.0 Å². The Balaban J connectivity index is 2.00. The van der Waals surface area contributed by atoms with Gasteiger partial charge in [-0.1, -0.05) is 27.7 Å². The molecule has 0 atom stereocenters. The Hall–Kier alpha value is -3.02. The number of aromatic nitrogens is 5. The SMILES string of the molecule is Cc1nc(C(C)C)c2c(F)cc(-c3nc(C(C)C)c4cnccc4n3)cc2n1. The predicted molar refractivity (Wildman–Crippen MR) is 109 cm³/mol. The van der Waals surface area contributed by atoms with Crippen molar-refractivity contribution < 1.29 is 4.39 Å². The summed E-state index contributed by atoms with van der Waals surface area (Å²) in [6.45, 7) is 9.98. The third kappa shape index (κ3) is 3.09. The fourth-order valence-electron chi connectivity index (χ4n) is 3.47. The number of rotatable bonds is 3. The third-order valence-electron chi connectivity index (χ3n) is 4.77. The minimum absolute atomic E-state index is 0.0986. The maximum Gasteiger partial charge on any atom is 0.160 e. The second kappa shape index (κ2) is 6.86. The molecule has 6 heteroatoms. The van der Waals surface area contributed by atoms with Crippen LogP contribution in [0.3, 0.4) is 0 Å². The number of fused-ring (bicyclic) bond motifs is 2. The predicted octanol–water partition coefficient (Wildman–Crippen LogP) is 5.33. The van der Waals surface area contributed by atoms with Crippen molar-refractivity contribution >= 4 is 21.8 Å². The van der Waals surface area contributed by atoms with Gasteiger partial charge in [0.1, 0.15) is 11.6 Å². The van der Waals surface area contributed by atoms with Crippen LogP contribution in [0.25, 0.3) is 33.2 Å². The van der Waals surface area contributed by atoms with E-state index in [0.29, 0.717) is 28.1 Å². The Kier molecular flexibility index (Phi) is 4.49. The van der Waals surface area contributed by atoms with Crippen LogP contribution in [0.2, 0.25) is 0 Å². The van der Waals surface area contributed by atoms with E-state index in [1.165, 1.54) is 6.07 Å². The summed E-state index contributed by atoms with van der Waals surface area (Å²) >= 11 is 0. The van der Waals surface area contributed by atoms with Crippen molar-refractivity contribution in [2.45, 2.75) is 46.5 Å². The first-order chi connectivity index (χ1) is 13.3. The zero-order valence-corrected chi connectivity index (χ0v) is 16.7. The van der Waals surface area contributed by atoms with Crippen molar-refractivity contribution in [3.63, 3.8) is 0 Å². The zero-order valence-electron chi connectivity index (χ0n) is 16.7. The average molecular weight is 375 g/mol. The van der Waals surface area contributed by atoms with Crippen LogP contribution in [0.1, 0.15) is 56.7 Å². The van der Waals surface area contributed by atoms with Crippen molar-refractivity contribution in [2.75, 3.05) is 0 Å². The summed E-state index contributed by atoms with van der Waals surface area (Å²) in [6.07, 6.45) is 3.48. The molecule has 0 spiro atoms. The Labute approximate surface area is 163 Å². The van der Waals surface area contributed by atoms with E-state index in [0.717, 1.165) is 22.3 Å². The number of pyridine rings is 1. The Morgan fingerprint density at radius 2 is 1.61 bits per heavy atom. The summed E-state index contributed by atoms with van der Waals surface area (Å²) in [5.41, 5.74) is 3.61. The molecule has 3 aromatic heterocycles. The monoisotopic (exact) mass is 375 g/mol. The van der Waals surface area contributed by atoms with Crippen molar-refractivity contribution in [3.8, 4) is 11.4 Å². The second-order valence-electron chi connectivity index (χ2n) is 7.64. The molecule has 5 nitrogen and oxygen atoms in total. The lowest BCUT2D eigenvalue weighted by Gasteiger charge is -2.13. The van der Waals surface area contributed by atoms with Gasteiger partial charge in [-0.15, -0.1) is 0 Å². The summed E-state index contributed by atoms with van der Waals surface area (Å²) < 4.78 is 15.1. The van der Waals surface area contributed by atoms with Gasteiger partial charge < -0.3 is 0 Å². The first-order valence-electron chi connectivity index (χ1n) is 9.45. The van der Waals surface area contributed by atoms with E-state index in [1.807, 2.05) is 32.9 Å². The van der Waals surface area contributed by atoms with E-state index >= 15 is 4.39 Å². The summed E-state index contributed by atoms with van der Waals surface area (Å²) in [5, 5.41) is 1.39. The van der Waals surface area contributed by atoms with E-state index in [-0.39, 0.29) is 17.7 Å². The zero-order chi connectivity index (χ0) is 20.0. The van der Waals surface area contributed by atoms with Crippen LogP contribution in [-0.2, 0) is 0 Å². The van der Waals surface area contributed by atoms with Crippen LogP contribution >= 0.6 is 0 Å². The largest absolute Gasteiger partial charge is 0.264 e. The third-order valence-corrected chi connectivity index (χ3v) is 4.77. The molecule has 0 unspecified atom stereocenters. The highest BCUT2D eigenvalue weighted by molar-refractivity contribution is 5.87. The molecule has 0 radical (unpaired) electrons. The molecule has 0 N–H and O–H groups in total. The van der Waals surface area contributed by atoms with Gasteiger partial charge in [0, 0.05) is 23.3 Å². The van der Waals surface area contributed by atoms with E-state index in [2.05, 4.69) is 33.8 Å². The molecule has 0 amide bonds. The molecule has 0 bridgehead atoms. The van der Waals surface area contributed by atoms with Gasteiger partial charge in [-0.25, -0.2) is 24.3 Å². The number of aryl methyl sites for hydroxylation is 1. The first-order valence-corrected chi connectivity index (χ1v) is 9.45. The van der Waals surface area contributed by atoms with Crippen LogP contribution in [0.5, 0.6) is 0 Å². The summed E-state index contributed by atoms with van der Waals surface area (Å²) in [5.74, 6) is 1.06. The van der Waals surface area contributed by atoms with E-state index < -0.39 is 0 Å². The van der Waals surface area contributed by atoms with Gasteiger partial charge in [-0.2, -0.15) is 0 Å². The molecule has 4 aromatic rings. The van der Waals surface area contributed by atoms with Crippen LogP contribution in [0, 0.1) is 12.7 Å². The van der Waals surface area contributed by atoms with Crippen molar-refractivity contribution in [2.24, 2.45) is 0 Å². The number of hydrogen-bond donors (Lipinski definition) is 0. The average Bonchev–Trinajstić information content (AvgIpc) is 2.65. The smallest absolute Gasteiger partial charge is 0.160 e. The molecular weight excluding hydrogens is 353 g/mol. The van der Waals surface area contributed by atoms with Crippen LogP contribution in [-0.4, -0.2) is 24.9 Å².